The van der Waals surface area contributed by atoms with Crippen LogP contribution in [-0.4, -0.2) is 57.7 Å². The van der Waals surface area contributed by atoms with Crippen molar-refractivity contribution in [2.24, 2.45) is 0 Å². The summed E-state index contributed by atoms with van der Waals surface area (Å²) in [6.45, 7) is 8.07. The summed E-state index contributed by atoms with van der Waals surface area (Å²) in [4.78, 5) is 49.0. The number of H-pyrrole nitrogens is 1. The molecule has 1 aliphatic carbocycles. The molecule has 1 amide bonds. The van der Waals surface area contributed by atoms with E-state index in [-0.39, 0.29) is 11.6 Å². The van der Waals surface area contributed by atoms with Crippen LogP contribution >= 0.6 is 0 Å². The zero-order valence-electron chi connectivity index (χ0n) is 19.6. The van der Waals surface area contributed by atoms with Crippen molar-refractivity contribution in [2.45, 2.75) is 45.8 Å². The van der Waals surface area contributed by atoms with Crippen LogP contribution in [0.1, 0.15) is 31.2 Å². The number of nitrogens with one attached hydrogen (secondary N) is 2. The highest BCUT2D eigenvalue weighted by Crippen LogP contribution is 2.21. The molecule has 2 aliphatic rings. The molecule has 1 saturated carbocycles. The maximum absolute atomic E-state index is 12.6. The molecule has 4 heterocycles. The van der Waals surface area contributed by atoms with Crippen molar-refractivity contribution in [3.8, 4) is 0 Å². The quantitative estimate of drug-likeness (QED) is 0.540. The summed E-state index contributed by atoms with van der Waals surface area (Å²) < 4.78 is 2.88. The second-order valence-electron chi connectivity index (χ2n) is 9.01. The van der Waals surface area contributed by atoms with Crippen molar-refractivity contribution in [1.82, 2.24) is 24.8 Å². The monoisotopic (exact) mass is 464 g/mol. The van der Waals surface area contributed by atoms with Gasteiger partial charge in [-0.1, -0.05) is 0 Å². The number of nitrogens with zero attached hydrogens (tertiary/aromatic N) is 5. The number of fused-ring (bicyclic) bond motifs is 1. The summed E-state index contributed by atoms with van der Waals surface area (Å²) in [7, 11) is 0. The molecule has 10 heteroatoms. The van der Waals surface area contributed by atoms with Gasteiger partial charge in [0.1, 0.15) is 11.3 Å². The van der Waals surface area contributed by atoms with Crippen LogP contribution in [0.25, 0.3) is 11.0 Å². The van der Waals surface area contributed by atoms with E-state index in [2.05, 4.69) is 31.2 Å². The number of carbonyl (C=O) groups is 1. The number of carbonyl (C=O) groups excluding carboxylic acids is 1. The Balaban J connectivity index is 1.26. The number of anilines is 1. The van der Waals surface area contributed by atoms with Crippen LogP contribution in [0.4, 0.5) is 10.5 Å². The third-order valence-corrected chi connectivity index (χ3v) is 6.66. The van der Waals surface area contributed by atoms with E-state index < -0.39 is 5.69 Å². The van der Waals surface area contributed by atoms with Gasteiger partial charge in [-0.25, -0.2) is 15.1 Å². The lowest BCUT2D eigenvalue weighted by Gasteiger charge is -2.36. The highest BCUT2D eigenvalue weighted by molar-refractivity contribution is 5.73. The van der Waals surface area contributed by atoms with Crippen molar-refractivity contribution in [2.75, 3.05) is 31.1 Å². The van der Waals surface area contributed by atoms with Crippen LogP contribution in [0.2, 0.25) is 0 Å². The molecule has 0 atom stereocenters. The maximum atomic E-state index is 12.6. The first-order valence-corrected chi connectivity index (χ1v) is 11.9. The average molecular weight is 465 g/mol. The van der Waals surface area contributed by atoms with Crippen molar-refractivity contribution in [3.05, 3.63) is 62.7 Å². The second kappa shape index (κ2) is 9.02. The van der Waals surface area contributed by atoms with E-state index in [1.165, 1.54) is 4.57 Å². The fourth-order valence-corrected chi connectivity index (χ4v) is 4.53. The minimum absolute atomic E-state index is 0.0633. The molecule has 1 saturated heterocycles. The number of piperazine rings is 1. The van der Waals surface area contributed by atoms with Gasteiger partial charge in [-0.3, -0.25) is 19.2 Å². The molecule has 5 rings (SSSR count). The molecule has 0 aromatic carbocycles. The predicted octanol–water partition coefficient (Wildman–Crippen LogP) is 0.743. The lowest BCUT2D eigenvalue weighted by atomic mass is 10.2. The van der Waals surface area contributed by atoms with Gasteiger partial charge in [0.05, 0.1) is 29.0 Å². The molecule has 0 bridgehead atoms. The van der Waals surface area contributed by atoms with Gasteiger partial charge >= 0.3 is 11.7 Å². The fourth-order valence-electron chi connectivity index (χ4n) is 4.53. The molecular formula is C24H30N7O3+. The van der Waals surface area contributed by atoms with Crippen LogP contribution in [0.5, 0.6) is 0 Å². The Morgan fingerprint density at radius 1 is 1.18 bits per heavy atom. The molecule has 10 nitrogen and oxygen atoms in total. The van der Waals surface area contributed by atoms with Crippen LogP contribution in [-0.2, 0) is 13.1 Å². The third-order valence-electron chi connectivity index (χ3n) is 6.66. The first-order valence-electron chi connectivity index (χ1n) is 11.9. The highest BCUT2D eigenvalue weighted by atomic mass is 16.2. The van der Waals surface area contributed by atoms with Gasteiger partial charge in [0, 0.05) is 46.2 Å². The van der Waals surface area contributed by atoms with E-state index in [1.807, 2.05) is 25.3 Å². The standard InChI is InChI=1S/C24H29N7O3/c1-3-30-22(32)19-9-8-18(25-21(19)27-24(30)34)15-28-11-13-29(14-12-28)20-5-4-10-31(16(20)2)23(33)26-17-6-7-17/h4-5,8-10,17H,3,6-7,11-15H2,1-2H3,(H-,25,26,27,32,33,34)/p+1. The highest BCUT2D eigenvalue weighted by Gasteiger charge is 2.31. The van der Waals surface area contributed by atoms with Crippen molar-refractivity contribution in [3.63, 3.8) is 0 Å². The minimum Gasteiger partial charge on any atom is -0.366 e. The van der Waals surface area contributed by atoms with Crippen molar-refractivity contribution in [1.29, 1.82) is 0 Å². The number of amides is 1. The summed E-state index contributed by atoms with van der Waals surface area (Å²) in [5, 5.41) is 3.47. The van der Waals surface area contributed by atoms with E-state index in [1.54, 1.807) is 17.6 Å². The van der Waals surface area contributed by atoms with Gasteiger partial charge in [0.15, 0.2) is 0 Å². The molecule has 3 aromatic rings. The smallest absolute Gasteiger partial charge is 0.366 e. The van der Waals surface area contributed by atoms with E-state index >= 15 is 0 Å². The molecular weight excluding hydrogens is 434 g/mol. The number of rotatable bonds is 5. The lowest BCUT2D eigenvalue weighted by Crippen LogP contribution is -2.54. The second-order valence-corrected chi connectivity index (χ2v) is 9.01. The van der Waals surface area contributed by atoms with Crippen LogP contribution in [0.3, 0.4) is 0 Å². The zero-order chi connectivity index (χ0) is 23.8. The van der Waals surface area contributed by atoms with E-state index in [0.717, 1.165) is 56.1 Å². The summed E-state index contributed by atoms with van der Waals surface area (Å²) in [5.74, 6) is 0. The summed E-state index contributed by atoms with van der Waals surface area (Å²) in [6.07, 6.45) is 3.94. The van der Waals surface area contributed by atoms with Crippen LogP contribution in [0, 0.1) is 6.92 Å². The Morgan fingerprint density at radius 3 is 2.65 bits per heavy atom. The van der Waals surface area contributed by atoms with Crippen molar-refractivity contribution < 1.29 is 9.36 Å². The SMILES string of the molecule is CCn1c(=O)[nH]c2nc(CN3CCN(c4ccc[n+](C(=O)NC5CC5)c4C)CC3)ccc2c1=O. The largest absolute Gasteiger partial charge is 0.496 e. The molecule has 0 unspecified atom stereocenters. The maximum Gasteiger partial charge on any atom is 0.496 e. The summed E-state index contributed by atoms with van der Waals surface area (Å²) in [5.41, 5.74) is 2.42. The molecule has 34 heavy (non-hydrogen) atoms. The number of aromatic nitrogens is 4. The van der Waals surface area contributed by atoms with Gasteiger partial charge in [-0.2, -0.15) is 9.36 Å². The fraction of sp³-hybridized carbons (Fsp3) is 0.458. The lowest BCUT2D eigenvalue weighted by molar-refractivity contribution is -0.578. The Morgan fingerprint density at radius 2 is 1.94 bits per heavy atom. The molecule has 1 aliphatic heterocycles. The first kappa shape index (κ1) is 22.3. The van der Waals surface area contributed by atoms with E-state index in [4.69, 9.17) is 0 Å². The van der Waals surface area contributed by atoms with Crippen LogP contribution in [0.15, 0.2) is 40.1 Å². The number of hydrogen-bond acceptors (Lipinski definition) is 6. The van der Waals surface area contributed by atoms with Gasteiger partial charge in [0.2, 0.25) is 0 Å². The van der Waals surface area contributed by atoms with Crippen molar-refractivity contribution >= 4 is 22.8 Å². The normalized spacial score (nSPS) is 16.7. The summed E-state index contributed by atoms with van der Waals surface area (Å²) >= 11 is 0. The molecule has 0 spiro atoms. The van der Waals surface area contributed by atoms with E-state index in [0.29, 0.717) is 30.2 Å². The number of aromatic amines is 1. The number of pyridine rings is 2. The van der Waals surface area contributed by atoms with E-state index in [9.17, 15) is 14.4 Å². The molecule has 2 fully saturated rings. The first-order chi connectivity index (χ1) is 16.4. The predicted molar refractivity (Wildman–Crippen MR) is 128 cm³/mol. The molecule has 2 N–H and O–H groups in total. The Kier molecular flexibility index (Phi) is 5.91. The minimum atomic E-state index is -0.431. The van der Waals surface area contributed by atoms with Gasteiger partial charge in [-0.05, 0) is 44.0 Å². The number of hydrogen-bond donors (Lipinski definition) is 2. The third kappa shape index (κ3) is 4.33. The summed E-state index contributed by atoms with van der Waals surface area (Å²) in [6, 6.07) is 7.85. The van der Waals surface area contributed by atoms with Gasteiger partial charge in [0.25, 0.3) is 5.56 Å². The Bertz CT molecular complexity index is 1350. The Labute approximate surface area is 196 Å². The van der Waals surface area contributed by atoms with Gasteiger partial charge < -0.3 is 4.90 Å². The van der Waals surface area contributed by atoms with Gasteiger partial charge in [-0.15, -0.1) is 0 Å². The Hall–Kier alpha value is -3.53. The average Bonchev–Trinajstić information content (AvgIpc) is 3.64. The zero-order valence-corrected chi connectivity index (χ0v) is 19.6. The molecule has 0 radical (unpaired) electrons. The topological polar surface area (TPSA) is 107 Å². The van der Waals surface area contributed by atoms with Crippen LogP contribution < -0.4 is 26.0 Å². The molecule has 178 valence electrons. The molecule has 3 aromatic heterocycles.